The van der Waals surface area contributed by atoms with Crippen LogP contribution in [0.15, 0.2) is 47.6 Å². The molecule has 0 bridgehead atoms. The number of aryl methyl sites for hydroxylation is 2. The van der Waals surface area contributed by atoms with Gasteiger partial charge < -0.3 is 19.4 Å². The molecule has 1 aromatic heterocycles. The van der Waals surface area contributed by atoms with E-state index in [9.17, 15) is 4.79 Å². The van der Waals surface area contributed by atoms with E-state index in [4.69, 9.17) is 9.47 Å². The van der Waals surface area contributed by atoms with Gasteiger partial charge in [0.1, 0.15) is 18.1 Å². The molecule has 0 saturated carbocycles. The highest BCUT2D eigenvalue weighted by Crippen LogP contribution is 2.26. The van der Waals surface area contributed by atoms with Crippen molar-refractivity contribution in [1.82, 2.24) is 14.8 Å². The number of hydrogen-bond donors (Lipinski definition) is 1. The highest BCUT2D eigenvalue weighted by atomic mass is 32.2. The van der Waals surface area contributed by atoms with Gasteiger partial charge in [-0.2, -0.15) is 0 Å². The molecule has 3 rings (SSSR count). The predicted octanol–water partition coefficient (Wildman–Crippen LogP) is 5.18. The van der Waals surface area contributed by atoms with Gasteiger partial charge in [0, 0.05) is 6.04 Å². The number of thioether (sulfide) groups is 1. The zero-order chi connectivity index (χ0) is 23.1. The lowest BCUT2D eigenvalue weighted by molar-refractivity contribution is -0.113. The Morgan fingerprint density at radius 2 is 1.88 bits per heavy atom. The monoisotopic (exact) mass is 454 g/mol. The SMILES string of the molecule is CCOc1ccccc1NC(=O)CSc1nnc(COc2cc(C)ccc2C)n1C(C)C. The molecule has 7 nitrogen and oxygen atoms in total. The number of ether oxygens (including phenoxy) is 2. The normalized spacial score (nSPS) is 10.9. The van der Waals surface area contributed by atoms with E-state index in [1.807, 2.05) is 61.7 Å². The number of benzene rings is 2. The summed E-state index contributed by atoms with van der Waals surface area (Å²) in [7, 11) is 0. The Bertz CT molecular complexity index is 1070. The number of nitrogens with one attached hydrogen (secondary N) is 1. The molecule has 0 unspecified atom stereocenters. The third-order valence-corrected chi connectivity index (χ3v) is 5.69. The van der Waals surface area contributed by atoms with Crippen LogP contribution < -0.4 is 14.8 Å². The quantitative estimate of drug-likeness (QED) is 0.425. The second-order valence-electron chi connectivity index (χ2n) is 7.69. The lowest BCUT2D eigenvalue weighted by atomic mass is 10.1. The Morgan fingerprint density at radius 1 is 1.09 bits per heavy atom. The number of aromatic nitrogens is 3. The maximum atomic E-state index is 12.5. The van der Waals surface area contributed by atoms with Gasteiger partial charge in [-0.25, -0.2) is 0 Å². The molecular weight excluding hydrogens is 424 g/mol. The largest absolute Gasteiger partial charge is 0.492 e. The summed E-state index contributed by atoms with van der Waals surface area (Å²) in [6, 6.07) is 13.7. The van der Waals surface area contributed by atoms with E-state index in [0.717, 1.165) is 22.7 Å². The Labute approximate surface area is 193 Å². The van der Waals surface area contributed by atoms with Crippen LogP contribution in [0.3, 0.4) is 0 Å². The fourth-order valence-electron chi connectivity index (χ4n) is 3.20. The molecule has 0 aliphatic rings. The summed E-state index contributed by atoms with van der Waals surface area (Å²) >= 11 is 1.35. The number of hydrogen-bond acceptors (Lipinski definition) is 6. The maximum absolute atomic E-state index is 12.5. The number of amides is 1. The van der Waals surface area contributed by atoms with Gasteiger partial charge in [-0.1, -0.05) is 36.0 Å². The molecule has 1 amide bonds. The van der Waals surface area contributed by atoms with Crippen molar-refractivity contribution >= 4 is 23.4 Å². The summed E-state index contributed by atoms with van der Waals surface area (Å²) < 4.78 is 13.6. The van der Waals surface area contributed by atoms with E-state index >= 15 is 0 Å². The number of para-hydroxylation sites is 2. The molecule has 32 heavy (non-hydrogen) atoms. The molecule has 170 valence electrons. The molecule has 0 fully saturated rings. The van der Waals surface area contributed by atoms with Crippen molar-refractivity contribution in [3.05, 3.63) is 59.4 Å². The first kappa shape index (κ1) is 23.7. The predicted molar refractivity (Wildman–Crippen MR) is 128 cm³/mol. The minimum atomic E-state index is -0.131. The zero-order valence-electron chi connectivity index (χ0n) is 19.2. The highest BCUT2D eigenvalue weighted by Gasteiger charge is 2.18. The van der Waals surface area contributed by atoms with Gasteiger partial charge in [0.05, 0.1) is 18.0 Å². The van der Waals surface area contributed by atoms with Crippen molar-refractivity contribution in [1.29, 1.82) is 0 Å². The Kier molecular flexibility index (Phi) is 8.16. The first-order chi connectivity index (χ1) is 15.4. The van der Waals surface area contributed by atoms with Gasteiger partial charge in [-0.05, 0) is 63.9 Å². The van der Waals surface area contributed by atoms with Crippen molar-refractivity contribution in [3.8, 4) is 11.5 Å². The van der Waals surface area contributed by atoms with Crippen LogP contribution in [-0.4, -0.2) is 33.0 Å². The number of anilines is 1. The molecule has 0 spiro atoms. The summed E-state index contributed by atoms with van der Waals surface area (Å²) in [6.45, 7) is 10.9. The first-order valence-corrected chi connectivity index (χ1v) is 11.7. The van der Waals surface area contributed by atoms with E-state index < -0.39 is 0 Å². The number of rotatable bonds is 10. The topological polar surface area (TPSA) is 78.3 Å². The lowest BCUT2D eigenvalue weighted by Crippen LogP contribution is -2.16. The summed E-state index contributed by atoms with van der Waals surface area (Å²) in [6.07, 6.45) is 0. The lowest BCUT2D eigenvalue weighted by Gasteiger charge is -2.15. The molecule has 8 heteroatoms. The minimum absolute atomic E-state index is 0.131. The van der Waals surface area contributed by atoms with Gasteiger partial charge in [-0.3, -0.25) is 4.79 Å². The number of carbonyl (C=O) groups excluding carboxylic acids is 1. The minimum Gasteiger partial charge on any atom is -0.492 e. The van der Waals surface area contributed by atoms with E-state index in [0.29, 0.717) is 29.8 Å². The molecule has 0 saturated heterocycles. The van der Waals surface area contributed by atoms with Crippen molar-refractivity contribution in [2.45, 2.75) is 52.4 Å². The van der Waals surface area contributed by atoms with E-state index in [1.165, 1.54) is 11.8 Å². The van der Waals surface area contributed by atoms with Crippen LogP contribution in [0.25, 0.3) is 0 Å². The van der Waals surface area contributed by atoms with Crippen LogP contribution >= 0.6 is 11.8 Å². The molecule has 3 aromatic rings. The molecular formula is C24H30N4O3S. The fourth-order valence-corrected chi connectivity index (χ4v) is 4.08. The third-order valence-electron chi connectivity index (χ3n) is 4.75. The van der Waals surface area contributed by atoms with Crippen LogP contribution in [-0.2, 0) is 11.4 Å². The van der Waals surface area contributed by atoms with Crippen LogP contribution in [0.1, 0.15) is 43.8 Å². The second-order valence-corrected chi connectivity index (χ2v) is 8.63. The van der Waals surface area contributed by atoms with E-state index in [1.54, 1.807) is 0 Å². The van der Waals surface area contributed by atoms with Crippen LogP contribution in [0.2, 0.25) is 0 Å². The van der Waals surface area contributed by atoms with Crippen molar-refractivity contribution in [3.63, 3.8) is 0 Å². The standard InChI is InChI=1S/C24H30N4O3S/c1-6-30-20-10-8-7-9-19(20)25-23(29)15-32-24-27-26-22(28(24)16(2)3)14-31-21-13-17(4)11-12-18(21)5/h7-13,16H,6,14-15H2,1-5H3,(H,25,29). The summed E-state index contributed by atoms with van der Waals surface area (Å²) in [5, 5.41) is 12.2. The van der Waals surface area contributed by atoms with E-state index in [-0.39, 0.29) is 17.7 Å². The van der Waals surface area contributed by atoms with Crippen LogP contribution in [0.4, 0.5) is 5.69 Å². The Balaban J connectivity index is 1.65. The van der Waals surface area contributed by atoms with Crippen molar-refractivity contribution in [2.75, 3.05) is 17.7 Å². The highest BCUT2D eigenvalue weighted by molar-refractivity contribution is 7.99. The molecule has 0 aliphatic heterocycles. The average Bonchev–Trinajstić information content (AvgIpc) is 3.17. The molecule has 1 N–H and O–H groups in total. The summed E-state index contributed by atoms with van der Waals surface area (Å²) in [5.41, 5.74) is 2.88. The van der Waals surface area contributed by atoms with Gasteiger partial charge in [0.2, 0.25) is 5.91 Å². The van der Waals surface area contributed by atoms with Gasteiger partial charge in [0.25, 0.3) is 0 Å². The first-order valence-electron chi connectivity index (χ1n) is 10.7. The Morgan fingerprint density at radius 3 is 2.62 bits per heavy atom. The Hall–Kier alpha value is -3.00. The molecule has 1 heterocycles. The van der Waals surface area contributed by atoms with Crippen molar-refractivity contribution < 1.29 is 14.3 Å². The third kappa shape index (κ3) is 6.03. The molecule has 0 aliphatic carbocycles. The number of nitrogens with zero attached hydrogens (tertiary/aromatic N) is 3. The smallest absolute Gasteiger partial charge is 0.234 e. The van der Waals surface area contributed by atoms with E-state index in [2.05, 4.69) is 35.4 Å². The maximum Gasteiger partial charge on any atom is 0.234 e. The summed E-state index contributed by atoms with van der Waals surface area (Å²) in [4.78, 5) is 12.5. The molecule has 0 atom stereocenters. The molecule has 0 radical (unpaired) electrons. The average molecular weight is 455 g/mol. The van der Waals surface area contributed by atoms with Crippen LogP contribution in [0.5, 0.6) is 11.5 Å². The van der Waals surface area contributed by atoms with Crippen molar-refractivity contribution in [2.24, 2.45) is 0 Å². The van der Waals surface area contributed by atoms with Gasteiger partial charge >= 0.3 is 0 Å². The number of carbonyl (C=O) groups is 1. The fraction of sp³-hybridized carbons (Fsp3) is 0.375. The summed E-state index contributed by atoms with van der Waals surface area (Å²) in [5.74, 6) is 2.30. The zero-order valence-corrected chi connectivity index (χ0v) is 20.0. The molecule has 2 aromatic carbocycles. The van der Waals surface area contributed by atoms with Crippen LogP contribution in [0, 0.1) is 13.8 Å². The second kappa shape index (κ2) is 11.0. The van der Waals surface area contributed by atoms with Gasteiger partial charge in [-0.15, -0.1) is 10.2 Å². The van der Waals surface area contributed by atoms with Gasteiger partial charge in [0.15, 0.2) is 11.0 Å².